The number of amides is 1. The Balaban J connectivity index is 1.47. The Labute approximate surface area is 139 Å². The lowest BCUT2D eigenvalue weighted by atomic mass is 10.2. The van der Waals surface area contributed by atoms with Gasteiger partial charge in [0.05, 0.1) is 5.69 Å². The van der Waals surface area contributed by atoms with Crippen LogP contribution in [0.3, 0.4) is 0 Å². The van der Waals surface area contributed by atoms with Gasteiger partial charge in [-0.05, 0) is 24.3 Å². The van der Waals surface area contributed by atoms with Gasteiger partial charge in [0.25, 0.3) is 5.91 Å². The highest BCUT2D eigenvalue weighted by atomic mass is 16.3. The van der Waals surface area contributed by atoms with Crippen molar-refractivity contribution in [2.75, 3.05) is 31.1 Å². The molecular formula is C19H18N2O3. The number of hydrogen-bond donors (Lipinski definition) is 1. The van der Waals surface area contributed by atoms with Gasteiger partial charge in [0.1, 0.15) is 11.3 Å². The lowest BCUT2D eigenvalue weighted by molar-refractivity contribution is 0.0717. The summed E-state index contributed by atoms with van der Waals surface area (Å²) in [6.45, 7) is 2.57. The van der Waals surface area contributed by atoms with E-state index in [2.05, 4.69) is 4.90 Å². The minimum absolute atomic E-state index is 0.0804. The quantitative estimate of drug-likeness (QED) is 0.788. The Morgan fingerprint density at radius 1 is 0.958 bits per heavy atom. The molecule has 122 valence electrons. The van der Waals surface area contributed by atoms with E-state index in [4.69, 9.17) is 4.42 Å². The van der Waals surface area contributed by atoms with Crippen molar-refractivity contribution in [1.82, 2.24) is 4.90 Å². The predicted octanol–water partition coefficient (Wildman–Crippen LogP) is 3.10. The number of hydrogen-bond acceptors (Lipinski definition) is 4. The molecule has 2 aromatic carbocycles. The van der Waals surface area contributed by atoms with Crippen LogP contribution < -0.4 is 4.90 Å². The lowest BCUT2D eigenvalue weighted by Gasteiger charge is -2.35. The van der Waals surface area contributed by atoms with Crippen LogP contribution in [0.2, 0.25) is 0 Å². The predicted molar refractivity (Wildman–Crippen MR) is 92.4 cm³/mol. The van der Waals surface area contributed by atoms with Gasteiger partial charge in [0.2, 0.25) is 0 Å². The third-order valence-electron chi connectivity index (χ3n) is 4.43. The van der Waals surface area contributed by atoms with Crippen molar-refractivity contribution in [3.63, 3.8) is 0 Å². The second kappa shape index (κ2) is 5.92. The monoisotopic (exact) mass is 322 g/mol. The van der Waals surface area contributed by atoms with Crippen LogP contribution >= 0.6 is 0 Å². The third kappa shape index (κ3) is 2.58. The zero-order valence-electron chi connectivity index (χ0n) is 13.2. The van der Waals surface area contributed by atoms with E-state index >= 15 is 0 Å². The van der Waals surface area contributed by atoms with E-state index in [0.29, 0.717) is 31.9 Å². The van der Waals surface area contributed by atoms with E-state index in [1.54, 1.807) is 23.1 Å². The molecule has 3 aromatic rings. The van der Waals surface area contributed by atoms with E-state index in [9.17, 15) is 9.90 Å². The van der Waals surface area contributed by atoms with Gasteiger partial charge >= 0.3 is 0 Å². The Bertz CT molecular complexity index is 846. The molecule has 2 heterocycles. The Hall–Kier alpha value is -2.95. The second-order valence-electron chi connectivity index (χ2n) is 5.92. The first-order chi connectivity index (χ1) is 11.7. The molecule has 0 atom stereocenters. The maximum atomic E-state index is 12.6. The maximum Gasteiger partial charge on any atom is 0.289 e. The number of rotatable bonds is 2. The van der Waals surface area contributed by atoms with Crippen LogP contribution in [0.25, 0.3) is 11.0 Å². The average Bonchev–Trinajstić information content (AvgIpc) is 3.06. The minimum atomic E-state index is -0.0804. The molecule has 1 amide bonds. The topological polar surface area (TPSA) is 56.9 Å². The number of fused-ring (bicyclic) bond motifs is 1. The van der Waals surface area contributed by atoms with Gasteiger partial charge in [-0.15, -0.1) is 0 Å². The van der Waals surface area contributed by atoms with Gasteiger partial charge in [-0.25, -0.2) is 0 Å². The fourth-order valence-corrected chi connectivity index (χ4v) is 3.13. The first kappa shape index (κ1) is 14.6. The van der Waals surface area contributed by atoms with E-state index in [1.165, 1.54) is 0 Å². The standard InChI is InChI=1S/C19H18N2O3/c22-16-7-3-2-6-15(16)20-9-11-21(12-10-20)19(23)18-13-14-5-1-4-8-17(14)24-18/h1-8,13,22H,9-12H2. The number of piperazine rings is 1. The number of phenolic OH excluding ortho intramolecular Hbond substituents is 1. The second-order valence-corrected chi connectivity index (χ2v) is 5.92. The molecular weight excluding hydrogens is 304 g/mol. The van der Waals surface area contributed by atoms with Crippen molar-refractivity contribution >= 4 is 22.6 Å². The zero-order valence-corrected chi connectivity index (χ0v) is 13.2. The summed E-state index contributed by atoms with van der Waals surface area (Å²) >= 11 is 0. The van der Waals surface area contributed by atoms with E-state index < -0.39 is 0 Å². The molecule has 5 nitrogen and oxygen atoms in total. The summed E-state index contributed by atoms with van der Waals surface area (Å²) in [5, 5.41) is 10.9. The van der Waals surface area contributed by atoms with Gasteiger partial charge in [0, 0.05) is 31.6 Å². The Morgan fingerprint density at radius 3 is 2.42 bits per heavy atom. The van der Waals surface area contributed by atoms with Crippen molar-refractivity contribution in [2.45, 2.75) is 0 Å². The van der Waals surface area contributed by atoms with Crippen LogP contribution in [0.4, 0.5) is 5.69 Å². The Kier molecular flexibility index (Phi) is 3.61. The van der Waals surface area contributed by atoms with Crippen LogP contribution in [0.1, 0.15) is 10.6 Å². The number of furan rings is 1. The number of carbonyl (C=O) groups excluding carboxylic acids is 1. The highest BCUT2D eigenvalue weighted by Crippen LogP contribution is 2.27. The SMILES string of the molecule is O=C(c1cc2ccccc2o1)N1CCN(c2ccccc2O)CC1. The van der Waals surface area contributed by atoms with Crippen LogP contribution in [0.15, 0.2) is 59.0 Å². The number of phenols is 1. The molecule has 1 aromatic heterocycles. The molecule has 1 aliphatic heterocycles. The summed E-state index contributed by atoms with van der Waals surface area (Å²) in [4.78, 5) is 16.5. The number of para-hydroxylation sites is 3. The van der Waals surface area contributed by atoms with Gasteiger partial charge in [-0.1, -0.05) is 30.3 Å². The molecule has 4 rings (SSSR count). The maximum absolute atomic E-state index is 12.6. The summed E-state index contributed by atoms with van der Waals surface area (Å²) in [6, 6.07) is 16.7. The number of aromatic hydroxyl groups is 1. The number of nitrogens with zero attached hydrogens (tertiary/aromatic N) is 2. The average molecular weight is 322 g/mol. The molecule has 0 saturated carbocycles. The molecule has 5 heteroatoms. The van der Waals surface area contributed by atoms with Gasteiger partial charge in [-0.2, -0.15) is 0 Å². The van der Waals surface area contributed by atoms with Crippen LogP contribution in [-0.4, -0.2) is 42.1 Å². The molecule has 0 radical (unpaired) electrons. The van der Waals surface area contributed by atoms with Crippen molar-refractivity contribution in [3.8, 4) is 5.75 Å². The zero-order chi connectivity index (χ0) is 16.5. The van der Waals surface area contributed by atoms with Crippen molar-refractivity contribution in [3.05, 3.63) is 60.4 Å². The van der Waals surface area contributed by atoms with Gasteiger partial charge in [-0.3, -0.25) is 4.79 Å². The van der Waals surface area contributed by atoms with Gasteiger partial charge in [0.15, 0.2) is 5.76 Å². The third-order valence-corrected chi connectivity index (χ3v) is 4.43. The van der Waals surface area contributed by atoms with E-state index in [-0.39, 0.29) is 11.7 Å². The van der Waals surface area contributed by atoms with E-state index in [0.717, 1.165) is 16.7 Å². The number of carbonyl (C=O) groups is 1. The molecule has 1 fully saturated rings. The summed E-state index contributed by atoms with van der Waals surface area (Å²) < 4.78 is 5.67. The van der Waals surface area contributed by atoms with Crippen molar-refractivity contribution in [2.24, 2.45) is 0 Å². The summed E-state index contributed by atoms with van der Waals surface area (Å²) in [5.74, 6) is 0.574. The van der Waals surface area contributed by atoms with Crippen LogP contribution in [0.5, 0.6) is 5.75 Å². The lowest BCUT2D eigenvalue weighted by Crippen LogP contribution is -2.48. The minimum Gasteiger partial charge on any atom is -0.506 e. The molecule has 1 saturated heterocycles. The fraction of sp³-hybridized carbons (Fsp3) is 0.211. The molecule has 1 N–H and O–H groups in total. The molecule has 1 aliphatic rings. The number of anilines is 1. The molecule has 24 heavy (non-hydrogen) atoms. The molecule has 0 bridgehead atoms. The van der Waals surface area contributed by atoms with Crippen LogP contribution in [0, 0.1) is 0 Å². The largest absolute Gasteiger partial charge is 0.506 e. The van der Waals surface area contributed by atoms with Gasteiger partial charge < -0.3 is 19.3 Å². The fourth-order valence-electron chi connectivity index (χ4n) is 3.13. The highest BCUT2D eigenvalue weighted by Gasteiger charge is 2.25. The smallest absolute Gasteiger partial charge is 0.289 e. The first-order valence-corrected chi connectivity index (χ1v) is 8.03. The summed E-state index contributed by atoms with van der Waals surface area (Å²) in [5.41, 5.74) is 1.54. The normalized spacial score (nSPS) is 15.0. The van der Waals surface area contributed by atoms with Crippen LogP contribution in [-0.2, 0) is 0 Å². The summed E-state index contributed by atoms with van der Waals surface area (Å²) in [7, 11) is 0. The van der Waals surface area contributed by atoms with Crippen molar-refractivity contribution in [1.29, 1.82) is 0 Å². The highest BCUT2D eigenvalue weighted by molar-refractivity contribution is 5.96. The van der Waals surface area contributed by atoms with Crippen molar-refractivity contribution < 1.29 is 14.3 Å². The Morgan fingerprint density at radius 2 is 1.67 bits per heavy atom. The molecule has 0 unspecified atom stereocenters. The molecule has 0 aliphatic carbocycles. The molecule has 0 spiro atoms. The summed E-state index contributed by atoms with van der Waals surface area (Å²) in [6.07, 6.45) is 0. The first-order valence-electron chi connectivity index (χ1n) is 8.03. The number of benzene rings is 2. The van der Waals surface area contributed by atoms with E-state index in [1.807, 2.05) is 36.4 Å².